The molecule has 0 spiro atoms. The zero-order valence-electron chi connectivity index (χ0n) is 13.5. The predicted molar refractivity (Wildman–Crippen MR) is 87.0 cm³/mol. The van der Waals surface area contributed by atoms with E-state index in [0.29, 0.717) is 23.8 Å². The Bertz CT molecular complexity index is 722. The van der Waals surface area contributed by atoms with Gasteiger partial charge < -0.3 is 24.3 Å². The Morgan fingerprint density at radius 1 is 1.21 bits per heavy atom. The van der Waals surface area contributed by atoms with Crippen molar-refractivity contribution >= 4 is 17.6 Å². The van der Waals surface area contributed by atoms with Crippen LogP contribution in [0.2, 0.25) is 0 Å². The van der Waals surface area contributed by atoms with Crippen molar-refractivity contribution in [2.45, 2.75) is 19.8 Å². The minimum Gasteiger partial charge on any atom is -0.497 e. The van der Waals surface area contributed by atoms with E-state index < -0.39 is 11.9 Å². The molecule has 0 aliphatic carbocycles. The maximum atomic E-state index is 12.2. The van der Waals surface area contributed by atoms with Crippen LogP contribution in [-0.2, 0) is 0 Å². The number of benzene rings is 1. The molecular weight excluding hydrogens is 314 g/mol. The summed E-state index contributed by atoms with van der Waals surface area (Å²) in [4.78, 5) is 23.1. The van der Waals surface area contributed by atoms with E-state index in [1.807, 2.05) is 0 Å². The average Bonchev–Trinajstić information content (AvgIpc) is 3.06. The van der Waals surface area contributed by atoms with E-state index in [0.717, 1.165) is 12.8 Å². The second-order valence-electron chi connectivity index (χ2n) is 4.99. The highest BCUT2D eigenvalue weighted by atomic mass is 16.5. The van der Waals surface area contributed by atoms with Crippen molar-refractivity contribution in [1.29, 1.82) is 0 Å². The summed E-state index contributed by atoms with van der Waals surface area (Å²) in [5.74, 6) is -1.16. The van der Waals surface area contributed by atoms with Gasteiger partial charge in [0, 0.05) is 6.07 Å². The lowest BCUT2D eigenvalue weighted by Gasteiger charge is -2.13. The molecule has 1 heterocycles. The SMILES string of the molecule is CCCCOc1ccc(OC)cc1NC(=O)c1ccc(C(=O)O)o1. The lowest BCUT2D eigenvalue weighted by Crippen LogP contribution is -2.12. The van der Waals surface area contributed by atoms with Gasteiger partial charge in [0.1, 0.15) is 11.5 Å². The number of unbranched alkanes of at least 4 members (excludes halogenated alkanes) is 1. The first-order chi connectivity index (χ1) is 11.5. The number of ether oxygens (including phenoxy) is 2. The number of nitrogens with one attached hydrogen (secondary N) is 1. The Hall–Kier alpha value is -2.96. The van der Waals surface area contributed by atoms with E-state index in [2.05, 4.69) is 12.2 Å². The standard InChI is InChI=1S/C17H19NO6/c1-3-4-9-23-13-6-5-11(22-2)10-12(13)18-16(19)14-7-8-15(24-14)17(20)21/h5-8,10H,3-4,9H2,1-2H3,(H,18,19)(H,20,21). The maximum Gasteiger partial charge on any atom is 0.371 e. The van der Waals surface area contributed by atoms with Crippen LogP contribution in [0.1, 0.15) is 40.9 Å². The van der Waals surface area contributed by atoms with Crippen LogP contribution in [0, 0.1) is 0 Å². The fourth-order valence-corrected chi connectivity index (χ4v) is 1.94. The molecule has 0 saturated carbocycles. The second kappa shape index (κ2) is 8.05. The molecule has 0 bridgehead atoms. The molecule has 0 aliphatic rings. The van der Waals surface area contributed by atoms with E-state index in [4.69, 9.17) is 19.0 Å². The van der Waals surface area contributed by atoms with Gasteiger partial charge in [-0.2, -0.15) is 0 Å². The highest BCUT2D eigenvalue weighted by Gasteiger charge is 2.17. The number of hydrogen-bond acceptors (Lipinski definition) is 5. The Morgan fingerprint density at radius 2 is 1.96 bits per heavy atom. The Kier molecular flexibility index (Phi) is 5.83. The largest absolute Gasteiger partial charge is 0.497 e. The number of hydrogen-bond donors (Lipinski definition) is 2. The van der Waals surface area contributed by atoms with Crippen molar-refractivity contribution in [1.82, 2.24) is 0 Å². The molecule has 0 saturated heterocycles. The van der Waals surface area contributed by atoms with E-state index >= 15 is 0 Å². The summed E-state index contributed by atoms with van der Waals surface area (Å²) >= 11 is 0. The number of carboxylic acid groups (broad SMARTS) is 1. The van der Waals surface area contributed by atoms with Crippen molar-refractivity contribution in [3.63, 3.8) is 0 Å². The number of methoxy groups -OCH3 is 1. The van der Waals surface area contributed by atoms with Crippen LogP contribution in [0.3, 0.4) is 0 Å². The molecule has 0 aliphatic heterocycles. The molecule has 2 rings (SSSR count). The molecule has 2 N–H and O–H groups in total. The first kappa shape index (κ1) is 17.4. The third-order valence-corrected chi connectivity index (χ3v) is 3.23. The van der Waals surface area contributed by atoms with Crippen molar-refractivity contribution in [2.24, 2.45) is 0 Å². The molecule has 24 heavy (non-hydrogen) atoms. The number of carbonyl (C=O) groups excluding carboxylic acids is 1. The van der Waals surface area contributed by atoms with Gasteiger partial charge in [0.2, 0.25) is 5.76 Å². The maximum absolute atomic E-state index is 12.2. The molecule has 7 nitrogen and oxygen atoms in total. The van der Waals surface area contributed by atoms with Gasteiger partial charge in [-0.1, -0.05) is 13.3 Å². The normalized spacial score (nSPS) is 10.2. The summed E-state index contributed by atoms with van der Waals surface area (Å²) in [6.45, 7) is 2.58. The average molecular weight is 333 g/mol. The quantitative estimate of drug-likeness (QED) is 0.718. The summed E-state index contributed by atoms with van der Waals surface area (Å²) in [5.41, 5.74) is 0.420. The van der Waals surface area contributed by atoms with Gasteiger partial charge in [0.05, 0.1) is 19.4 Å². The number of rotatable bonds is 8. The monoisotopic (exact) mass is 333 g/mol. The molecule has 0 atom stereocenters. The summed E-state index contributed by atoms with van der Waals surface area (Å²) < 4.78 is 15.8. The number of furan rings is 1. The van der Waals surface area contributed by atoms with E-state index in [1.54, 1.807) is 18.2 Å². The topological polar surface area (TPSA) is 98.0 Å². The Morgan fingerprint density at radius 3 is 2.58 bits per heavy atom. The van der Waals surface area contributed by atoms with E-state index in [-0.39, 0.29) is 11.5 Å². The number of amides is 1. The van der Waals surface area contributed by atoms with Crippen molar-refractivity contribution in [3.05, 3.63) is 41.9 Å². The summed E-state index contributed by atoms with van der Waals surface area (Å²) in [6, 6.07) is 7.58. The molecule has 1 aromatic carbocycles. The van der Waals surface area contributed by atoms with Crippen molar-refractivity contribution in [3.8, 4) is 11.5 Å². The first-order valence-corrected chi connectivity index (χ1v) is 7.50. The molecule has 0 radical (unpaired) electrons. The third-order valence-electron chi connectivity index (χ3n) is 3.23. The zero-order valence-corrected chi connectivity index (χ0v) is 13.5. The van der Waals surface area contributed by atoms with Crippen LogP contribution < -0.4 is 14.8 Å². The highest BCUT2D eigenvalue weighted by Crippen LogP contribution is 2.30. The van der Waals surface area contributed by atoms with Gasteiger partial charge in [-0.15, -0.1) is 0 Å². The Balaban J connectivity index is 2.18. The lowest BCUT2D eigenvalue weighted by atomic mass is 10.2. The number of carbonyl (C=O) groups is 2. The summed E-state index contributed by atoms with van der Waals surface area (Å²) in [6.07, 6.45) is 1.88. The van der Waals surface area contributed by atoms with Gasteiger partial charge in [0.15, 0.2) is 5.76 Å². The van der Waals surface area contributed by atoms with Gasteiger partial charge in [-0.3, -0.25) is 4.79 Å². The van der Waals surface area contributed by atoms with E-state index in [9.17, 15) is 9.59 Å². The fraction of sp³-hybridized carbons (Fsp3) is 0.294. The third kappa shape index (κ3) is 4.28. The first-order valence-electron chi connectivity index (χ1n) is 7.50. The van der Waals surface area contributed by atoms with Gasteiger partial charge in [-0.05, 0) is 30.7 Å². The number of carboxylic acids is 1. The number of aromatic carboxylic acids is 1. The Labute approximate surface area is 139 Å². The van der Waals surface area contributed by atoms with Crippen LogP contribution in [0.25, 0.3) is 0 Å². The zero-order chi connectivity index (χ0) is 17.5. The molecule has 0 unspecified atom stereocenters. The minimum absolute atomic E-state index is 0.102. The molecule has 128 valence electrons. The van der Waals surface area contributed by atoms with Crippen LogP contribution in [-0.4, -0.2) is 30.7 Å². The van der Waals surface area contributed by atoms with Crippen molar-refractivity contribution in [2.75, 3.05) is 19.0 Å². The smallest absolute Gasteiger partial charge is 0.371 e. The lowest BCUT2D eigenvalue weighted by molar-refractivity contribution is 0.0660. The van der Waals surface area contributed by atoms with Crippen LogP contribution in [0.4, 0.5) is 5.69 Å². The van der Waals surface area contributed by atoms with Gasteiger partial charge in [0.25, 0.3) is 5.91 Å². The fourth-order valence-electron chi connectivity index (χ4n) is 1.94. The molecule has 2 aromatic rings. The minimum atomic E-state index is -1.24. The van der Waals surface area contributed by atoms with Crippen molar-refractivity contribution < 1.29 is 28.6 Å². The number of anilines is 1. The van der Waals surface area contributed by atoms with Gasteiger partial charge in [-0.25, -0.2) is 4.79 Å². The van der Waals surface area contributed by atoms with Crippen LogP contribution >= 0.6 is 0 Å². The van der Waals surface area contributed by atoms with E-state index in [1.165, 1.54) is 19.2 Å². The summed E-state index contributed by atoms with van der Waals surface area (Å²) in [5, 5.41) is 11.5. The highest BCUT2D eigenvalue weighted by molar-refractivity contribution is 6.03. The summed E-state index contributed by atoms with van der Waals surface area (Å²) in [7, 11) is 1.52. The molecule has 0 fully saturated rings. The van der Waals surface area contributed by atoms with Crippen LogP contribution in [0.5, 0.6) is 11.5 Å². The molecule has 1 aromatic heterocycles. The van der Waals surface area contributed by atoms with Gasteiger partial charge >= 0.3 is 5.97 Å². The second-order valence-corrected chi connectivity index (χ2v) is 4.99. The molecule has 1 amide bonds. The molecular formula is C17H19NO6. The molecule has 7 heteroatoms. The predicted octanol–water partition coefficient (Wildman–Crippen LogP) is 3.42. The van der Waals surface area contributed by atoms with Crippen LogP contribution in [0.15, 0.2) is 34.7 Å².